The number of anilines is 1. The molecule has 1 amide bonds. The molecule has 1 aliphatic heterocycles. The summed E-state index contributed by atoms with van der Waals surface area (Å²) < 4.78 is 1.77. The Morgan fingerprint density at radius 1 is 1.19 bits per heavy atom. The summed E-state index contributed by atoms with van der Waals surface area (Å²) in [6.07, 6.45) is 7.54. The largest absolute Gasteiger partial charge is 0.434 e. The molecule has 2 atom stereocenters. The Bertz CT molecular complexity index is 891. The number of rotatable bonds is 3. The molecule has 1 aliphatic carbocycles. The predicted octanol–water partition coefficient (Wildman–Crippen LogP) is 3.10. The second kappa shape index (κ2) is 7.54. The first-order chi connectivity index (χ1) is 13.1. The Kier molecular flexibility index (Phi) is 4.96. The summed E-state index contributed by atoms with van der Waals surface area (Å²) in [5.74, 6) is 0.606. The van der Waals surface area contributed by atoms with Crippen molar-refractivity contribution in [3.8, 4) is 0 Å². The Labute approximate surface area is 157 Å². The van der Waals surface area contributed by atoms with Gasteiger partial charge in [0.2, 0.25) is 0 Å². The summed E-state index contributed by atoms with van der Waals surface area (Å²) in [4.78, 5) is 40.2. The lowest BCUT2D eigenvalue weighted by molar-refractivity contribution is 0.113. The molecule has 1 N–H and O–H groups in total. The van der Waals surface area contributed by atoms with Crippen molar-refractivity contribution in [3.63, 3.8) is 0 Å². The van der Waals surface area contributed by atoms with Crippen LogP contribution >= 0.6 is 0 Å². The zero-order valence-corrected chi connectivity index (χ0v) is 15.6. The first kappa shape index (κ1) is 17.8. The lowest BCUT2D eigenvalue weighted by Gasteiger charge is -2.25. The number of nitrogens with zero attached hydrogens (tertiary/aromatic N) is 4. The molecule has 2 aliphatic rings. The van der Waals surface area contributed by atoms with E-state index >= 15 is 0 Å². The van der Waals surface area contributed by atoms with Crippen molar-refractivity contribution >= 4 is 23.1 Å². The topological polar surface area (TPSA) is 89.3 Å². The van der Waals surface area contributed by atoms with Crippen LogP contribution in [0.5, 0.6) is 0 Å². The van der Waals surface area contributed by atoms with Gasteiger partial charge in [-0.2, -0.15) is 10.5 Å². The fraction of sp³-hybridized carbons (Fsp3) is 0.579. The molecule has 3 heterocycles. The van der Waals surface area contributed by atoms with E-state index in [1.165, 1.54) is 0 Å². The number of hydrogen-bond acceptors (Lipinski definition) is 6. The van der Waals surface area contributed by atoms with E-state index in [-0.39, 0.29) is 17.5 Å². The standard InChI is InChI=1S/C19H25N5O3/c1-13-6-5-7-15(13)24-16(25)9-8-14-12-20-18(21-17(14)24)22-27-19(26)23-10-3-2-4-11-23/h8-9,12-13,15H,2-7,10-11H2,1H3,(H,20,21,22). The number of likely N-dealkylation sites (tertiary alicyclic amines) is 1. The van der Waals surface area contributed by atoms with Crippen LogP contribution in [0.3, 0.4) is 0 Å². The fourth-order valence-electron chi connectivity index (χ4n) is 4.15. The quantitative estimate of drug-likeness (QED) is 0.834. The number of piperidine rings is 1. The van der Waals surface area contributed by atoms with E-state index < -0.39 is 6.09 Å². The van der Waals surface area contributed by atoms with Crippen LogP contribution < -0.4 is 11.0 Å². The van der Waals surface area contributed by atoms with Crippen molar-refractivity contribution in [1.29, 1.82) is 0 Å². The highest BCUT2D eigenvalue weighted by molar-refractivity contribution is 5.75. The van der Waals surface area contributed by atoms with Gasteiger partial charge in [0.1, 0.15) is 5.65 Å². The molecule has 0 aromatic carbocycles. The highest BCUT2D eigenvalue weighted by Gasteiger charge is 2.27. The molecule has 0 spiro atoms. The van der Waals surface area contributed by atoms with E-state index in [0.717, 1.165) is 43.9 Å². The van der Waals surface area contributed by atoms with Gasteiger partial charge in [-0.3, -0.25) is 9.36 Å². The number of carbonyl (C=O) groups is 1. The molecule has 2 aromatic rings. The van der Waals surface area contributed by atoms with E-state index in [1.807, 2.05) is 0 Å². The average molecular weight is 371 g/mol. The number of carbonyl (C=O) groups excluding carboxylic acids is 1. The minimum Gasteiger partial charge on any atom is -0.321 e. The van der Waals surface area contributed by atoms with E-state index in [0.29, 0.717) is 24.7 Å². The molecule has 1 saturated heterocycles. The maximum atomic E-state index is 12.5. The van der Waals surface area contributed by atoms with Crippen LogP contribution in [0.4, 0.5) is 10.7 Å². The molecule has 144 valence electrons. The Hall–Kier alpha value is -2.64. The number of pyridine rings is 1. The Balaban J connectivity index is 1.57. The summed E-state index contributed by atoms with van der Waals surface area (Å²) in [6.45, 7) is 3.58. The Morgan fingerprint density at radius 2 is 2.00 bits per heavy atom. The summed E-state index contributed by atoms with van der Waals surface area (Å²) in [6, 6.07) is 3.44. The molecule has 1 saturated carbocycles. The third kappa shape index (κ3) is 3.61. The van der Waals surface area contributed by atoms with Crippen LogP contribution in [0.1, 0.15) is 51.5 Å². The van der Waals surface area contributed by atoms with Crippen molar-refractivity contribution in [3.05, 3.63) is 28.7 Å². The number of amides is 1. The monoisotopic (exact) mass is 371 g/mol. The van der Waals surface area contributed by atoms with E-state index in [9.17, 15) is 9.59 Å². The number of fused-ring (bicyclic) bond motifs is 1. The zero-order chi connectivity index (χ0) is 18.8. The van der Waals surface area contributed by atoms with Gasteiger partial charge in [0.25, 0.3) is 11.5 Å². The highest BCUT2D eigenvalue weighted by atomic mass is 16.7. The third-order valence-electron chi connectivity index (χ3n) is 5.66. The molecule has 0 radical (unpaired) electrons. The van der Waals surface area contributed by atoms with E-state index in [1.54, 1.807) is 27.8 Å². The van der Waals surface area contributed by atoms with Crippen LogP contribution in [0.2, 0.25) is 0 Å². The smallest absolute Gasteiger partial charge is 0.321 e. The van der Waals surface area contributed by atoms with Crippen LogP contribution in [0.15, 0.2) is 23.1 Å². The lowest BCUT2D eigenvalue weighted by Crippen LogP contribution is -2.37. The molecule has 2 fully saturated rings. The second-order valence-electron chi connectivity index (χ2n) is 7.51. The summed E-state index contributed by atoms with van der Waals surface area (Å²) in [5, 5.41) is 0.793. The van der Waals surface area contributed by atoms with E-state index in [4.69, 9.17) is 4.84 Å². The molecular weight excluding hydrogens is 346 g/mol. The molecule has 8 heteroatoms. The van der Waals surface area contributed by atoms with Crippen molar-refractivity contribution in [2.45, 2.75) is 51.5 Å². The maximum Gasteiger partial charge on any atom is 0.434 e. The average Bonchev–Trinajstić information content (AvgIpc) is 3.12. The third-order valence-corrected chi connectivity index (χ3v) is 5.66. The van der Waals surface area contributed by atoms with Crippen molar-refractivity contribution in [2.24, 2.45) is 5.92 Å². The SMILES string of the molecule is CC1CCCC1n1c(=O)ccc2cnc(NOC(=O)N3CCCCC3)nc21. The maximum absolute atomic E-state index is 12.5. The molecule has 2 unspecified atom stereocenters. The van der Waals surface area contributed by atoms with Gasteiger partial charge in [0, 0.05) is 36.8 Å². The van der Waals surface area contributed by atoms with Crippen molar-refractivity contribution in [1.82, 2.24) is 19.4 Å². The van der Waals surface area contributed by atoms with Gasteiger partial charge in [0.05, 0.1) is 0 Å². The number of aromatic nitrogens is 3. The van der Waals surface area contributed by atoms with Gasteiger partial charge in [-0.15, -0.1) is 0 Å². The molecule has 8 nitrogen and oxygen atoms in total. The number of nitrogens with one attached hydrogen (secondary N) is 1. The first-order valence-corrected chi connectivity index (χ1v) is 9.73. The van der Waals surface area contributed by atoms with Crippen LogP contribution in [0.25, 0.3) is 11.0 Å². The van der Waals surface area contributed by atoms with Gasteiger partial charge >= 0.3 is 6.09 Å². The lowest BCUT2D eigenvalue weighted by atomic mass is 10.1. The molecule has 0 bridgehead atoms. The van der Waals surface area contributed by atoms with Gasteiger partial charge in [-0.25, -0.2) is 9.78 Å². The van der Waals surface area contributed by atoms with Crippen LogP contribution in [-0.4, -0.2) is 38.6 Å². The first-order valence-electron chi connectivity index (χ1n) is 9.73. The molecular formula is C19H25N5O3. The second-order valence-corrected chi connectivity index (χ2v) is 7.51. The minimum atomic E-state index is -0.423. The summed E-state index contributed by atoms with van der Waals surface area (Å²) in [7, 11) is 0. The number of hydrogen-bond donors (Lipinski definition) is 1. The van der Waals surface area contributed by atoms with Crippen molar-refractivity contribution < 1.29 is 9.63 Å². The van der Waals surface area contributed by atoms with Crippen molar-refractivity contribution in [2.75, 3.05) is 18.6 Å². The van der Waals surface area contributed by atoms with Gasteiger partial charge in [-0.05, 0) is 44.1 Å². The van der Waals surface area contributed by atoms with Gasteiger partial charge in [0.15, 0.2) is 0 Å². The predicted molar refractivity (Wildman–Crippen MR) is 101 cm³/mol. The Morgan fingerprint density at radius 3 is 2.74 bits per heavy atom. The summed E-state index contributed by atoms with van der Waals surface area (Å²) >= 11 is 0. The zero-order valence-electron chi connectivity index (χ0n) is 15.6. The molecule has 27 heavy (non-hydrogen) atoms. The molecule has 2 aromatic heterocycles. The summed E-state index contributed by atoms with van der Waals surface area (Å²) in [5.41, 5.74) is 3.07. The minimum absolute atomic E-state index is 0.0591. The highest BCUT2D eigenvalue weighted by Crippen LogP contribution is 2.35. The van der Waals surface area contributed by atoms with E-state index in [2.05, 4.69) is 22.4 Å². The normalized spacial score (nSPS) is 22.8. The van der Waals surface area contributed by atoms with Gasteiger partial charge in [-0.1, -0.05) is 13.3 Å². The van der Waals surface area contributed by atoms with Crippen LogP contribution in [0, 0.1) is 5.92 Å². The van der Waals surface area contributed by atoms with Gasteiger partial charge < -0.3 is 9.74 Å². The molecule has 4 rings (SSSR count). The fourth-order valence-corrected chi connectivity index (χ4v) is 4.15. The van der Waals surface area contributed by atoms with Crippen LogP contribution in [-0.2, 0) is 4.84 Å².